The second-order valence-electron chi connectivity index (χ2n) is 4.29. The summed E-state index contributed by atoms with van der Waals surface area (Å²) in [6.07, 6.45) is 3.81. The number of aryl methyl sites for hydroxylation is 1. The predicted octanol–water partition coefficient (Wildman–Crippen LogP) is 3.62. The van der Waals surface area contributed by atoms with E-state index in [0.717, 1.165) is 25.1 Å². The molecule has 3 heteroatoms. The summed E-state index contributed by atoms with van der Waals surface area (Å²) in [4.78, 5) is 2.87. The van der Waals surface area contributed by atoms with E-state index in [2.05, 4.69) is 31.3 Å². The SMILES string of the molecule is CCc1ccc(CNC(C)Cc2ccco2)s1. The van der Waals surface area contributed by atoms with Gasteiger partial charge >= 0.3 is 0 Å². The first-order chi connectivity index (χ1) is 8.28. The van der Waals surface area contributed by atoms with Crippen LogP contribution in [0.2, 0.25) is 0 Å². The number of furan rings is 1. The monoisotopic (exact) mass is 249 g/mol. The highest BCUT2D eigenvalue weighted by atomic mass is 32.1. The van der Waals surface area contributed by atoms with Crippen LogP contribution in [0.1, 0.15) is 29.4 Å². The minimum atomic E-state index is 0.438. The first kappa shape index (κ1) is 12.4. The van der Waals surface area contributed by atoms with Gasteiger partial charge in [0.15, 0.2) is 0 Å². The van der Waals surface area contributed by atoms with E-state index >= 15 is 0 Å². The van der Waals surface area contributed by atoms with Crippen molar-refractivity contribution >= 4 is 11.3 Å². The van der Waals surface area contributed by atoms with Crippen molar-refractivity contribution in [3.8, 4) is 0 Å². The third-order valence-corrected chi connectivity index (χ3v) is 4.01. The van der Waals surface area contributed by atoms with Crippen LogP contribution in [0.5, 0.6) is 0 Å². The Kier molecular flexibility index (Phi) is 4.40. The topological polar surface area (TPSA) is 25.2 Å². The summed E-state index contributed by atoms with van der Waals surface area (Å²) in [5.74, 6) is 1.05. The van der Waals surface area contributed by atoms with Gasteiger partial charge in [-0.15, -0.1) is 11.3 Å². The van der Waals surface area contributed by atoms with Gasteiger partial charge < -0.3 is 9.73 Å². The fourth-order valence-corrected chi connectivity index (χ4v) is 2.69. The zero-order chi connectivity index (χ0) is 12.1. The lowest BCUT2D eigenvalue weighted by atomic mass is 10.2. The Balaban J connectivity index is 1.77. The molecule has 0 aliphatic carbocycles. The molecule has 0 amide bonds. The summed E-state index contributed by atoms with van der Waals surface area (Å²) in [7, 11) is 0. The molecule has 0 bridgehead atoms. The van der Waals surface area contributed by atoms with Crippen molar-refractivity contribution in [1.29, 1.82) is 0 Å². The summed E-state index contributed by atoms with van der Waals surface area (Å²) in [5.41, 5.74) is 0. The van der Waals surface area contributed by atoms with E-state index in [0.29, 0.717) is 6.04 Å². The predicted molar refractivity (Wildman–Crippen MR) is 72.4 cm³/mol. The largest absolute Gasteiger partial charge is 0.469 e. The third kappa shape index (κ3) is 3.72. The summed E-state index contributed by atoms with van der Waals surface area (Å²) in [5, 5.41) is 3.53. The Labute approximate surface area is 107 Å². The van der Waals surface area contributed by atoms with Gasteiger partial charge in [-0.3, -0.25) is 0 Å². The van der Waals surface area contributed by atoms with Crippen molar-refractivity contribution in [1.82, 2.24) is 5.32 Å². The lowest BCUT2D eigenvalue weighted by Crippen LogP contribution is -2.26. The number of nitrogens with one attached hydrogen (secondary N) is 1. The molecule has 0 saturated carbocycles. The molecule has 17 heavy (non-hydrogen) atoms. The van der Waals surface area contributed by atoms with Crippen molar-refractivity contribution in [2.45, 2.75) is 39.3 Å². The van der Waals surface area contributed by atoms with Gasteiger partial charge in [0.05, 0.1) is 6.26 Å². The fraction of sp³-hybridized carbons (Fsp3) is 0.429. The highest BCUT2D eigenvalue weighted by molar-refractivity contribution is 7.11. The van der Waals surface area contributed by atoms with E-state index in [1.54, 1.807) is 6.26 Å². The molecule has 1 N–H and O–H groups in total. The summed E-state index contributed by atoms with van der Waals surface area (Å²) < 4.78 is 5.34. The molecule has 1 unspecified atom stereocenters. The van der Waals surface area contributed by atoms with Gasteiger partial charge in [-0.25, -0.2) is 0 Å². The maximum Gasteiger partial charge on any atom is 0.105 e. The minimum Gasteiger partial charge on any atom is -0.469 e. The quantitative estimate of drug-likeness (QED) is 0.845. The molecule has 0 spiro atoms. The normalized spacial score (nSPS) is 12.8. The Hall–Kier alpha value is -1.06. The van der Waals surface area contributed by atoms with Crippen LogP contribution in [0, 0.1) is 0 Å². The van der Waals surface area contributed by atoms with E-state index in [9.17, 15) is 0 Å². The van der Waals surface area contributed by atoms with E-state index in [1.807, 2.05) is 23.5 Å². The Morgan fingerprint density at radius 2 is 2.12 bits per heavy atom. The molecule has 2 nitrogen and oxygen atoms in total. The van der Waals surface area contributed by atoms with Gasteiger partial charge in [0.1, 0.15) is 5.76 Å². The number of thiophene rings is 1. The lowest BCUT2D eigenvalue weighted by Gasteiger charge is -2.11. The van der Waals surface area contributed by atoms with E-state index in [1.165, 1.54) is 9.75 Å². The maximum atomic E-state index is 5.34. The smallest absolute Gasteiger partial charge is 0.105 e. The molecule has 0 radical (unpaired) electrons. The first-order valence-corrected chi connectivity index (χ1v) is 6.93. The standard InChI is InChI=1S/C14H19NOS/c1-3-13-6-7-14(17-13)10-15-11(2)9-12-5-4-8-16-12/h4-8,11,15H,3,9-10H2,1-2H3. The average molecular weight is 249 g/mol. The van der Waals surface area contributed by atoms with Crippen LogP contribution in [0.25, 0.3) is 0 Å². The van der Waals surface area contributed by atoms with E-state index < -0.39 is 0 Å². The number of hydrogen-bond acceptors (Lipinski definition) is 3. The molecule has 92 valence electrons. The van der Waals surface area contributed by atoms with Crippen LogP contribution < -0.4 is 5.32 Å². The van der Waals surface area contributed by atoms with Gasteiger partial charge in [-0.05, 0) is 37.6 Å². The van der Waals surface area contributed by atoms with Crippen molar-refractivity contribution in [3.63, 3.8) is 0 Å². The van der Waals surface area contributed by atoms with Gasteiger partial charge in [0, 0.05) is 28.8 Å². The molecule has 0 saturated heterocycles. The molecule has 0 fully saturated rings. The van der Waals surface area contributed by atoms with Gasteiger partial charge in [0.2, 0.25) is 0 Å². The average Bonchev–Trinajstić information content (AvgIpc) is 2.96. The highest BCUT2D eigenvalue weighted by Crippen LogP contribution is 2.16. The van der Waals surface area contributed by atoms with Gasteiger partial charge in [-0.2, -0.15) is 0 Å². The van der Waals surface area contributed by atoms with Crippen LogP contribution in [-0.4, -0.2) is 6.04 Å². The molecule has 0 aromatic carbocycles. The maximum absolute atomic E-state index is 5.34. The van der Waals surface area contributed by atoms with Crippen molar-refractivity contribution in [2.75, 3.05) is 0 Å². The Morgan fingerprint density at radius 3 is 2.76 bits per heavy atom. The Morgan fingerprint density at radius 1 is 1.29 bits per heavy atom. The number of hydrogen-bond donors (Lipinski definition) is 1. The van der Waals surface area contributed by atoms with Crippen LogP contribution in [0.15, 0.2) is 34.9 Å². The van der Waals surface area contributed by atoms with Crippen molar-refractivity contribution in [3.05, 3.63) is 46.0 Å². The van der Waals surface area contributed by atoms with Crippen LogP contribution in [-0.2, 0) is 19.4 Å². The highest BCUT2D eigenvalue weighted by Gasteiger charge is 2.06. The summed E-state index contributed by atoms with van der Waals surface area (Å²) in [6, 6.07) is 8.84. The second kappa shape index (κ2) is 6.03. The molecule has 2 heterocycles. The van der Waals surface area contributed by atoms with Gasteiger partial charge in [-0.1, -0.05) is 6.92 Å². The molecule has 0 aliphatic heterocycles. The molecule has 2 aromatic heterocycles. The zero-order valence-corrected chi connectivity index (χ0v) is 11.2. The van der Waals surface area contributed by atoms with Crippen LogP contribution in [0.3, 0.4) is 0 Å². The first-order valence-electron chi connectivity index (χ1n) is 6.11. The zero-order valence-electron chi connectivity index (χ0n) is 10.4. The molecular formula is C14H19NOS. The van der Waals surface area contributed by atoms with E-state index in [4.69, 9.17) is 4.42 Å². The molecular weight excluding hydrogens is 230 g/mol. The lowest BCUT2D eigenvalue weighted by molar-refractivity contribution is 0.457. The van der Waals surface area contributed by atoms with E-state index in [-0.39, 0.29) is 0 Å². The molecule has 2 aromatic rings. The van der Waals surface area contributed by atoms with Crippen molar-refractivity contribution in [2.24, 2.45) is 0 Å². The fourth-order valence-electron chi connectivity index (χ4n) is 1.78. The second-order valence-corrected chi connectivity index (χ2v) is 5.54. The summed E-state index contributed by atoms with van der Waals surface area (Å²) in [6.45, 7) is 5.34. The molecule has 2 rings (SSSR count). The Bertz CT molecular complexity index is 433. The third-order valence-electron chi connectivity index (χ3n) is 2.78. The van der Waals surface area contributed by atoms with Crippen molar-refractivity contribution < 1.29 is 4.42 Å². The van der Waals surface area contributed by atoms with Crippen LogP contribution >= 0.6 is 11.3 Å². The summed E-state index contributed by atoms with van der Waals surface area (Å²) >= 11 is 1.90. The molecule has 1 atom stereocenters. The van der Waals surface area contributed by atoms with Gasteiger partial charge in [0.25, 0.3) is 0 Å². The van der Waals surface area contributed by atoms with Crippen LogP contribution in [0.4, 0.5) is 0 Å². The molecule has 0 aliphatic rings. The number of rotatable bonds is 6. The minimum absolute atomic E-state index is 0.438.